The number of benzene rings is 1. The lowest BCUT2D eigenvalue weighted by molar-refractivity contribution is 0.0626. The molecule has 0 heterocycles. The number of halogens is 1. The highest BCUT2D eigenvalue weighted by molar-refractivity contribution is 7.89. The van der Waals surface area contributed by atoms with E-state index in [1.54, 1.807) is 0 Å². The first-order valence-electron chi connectivity index (χ1n) is 7.12. The molecule has 21 heavy (non-hydrogen) atoms. The molecule has 5 nitrogen and oxygen atoms in total. The van der Waals surface area contributed by atoms with Gasteiger partial charge in [0.05, 0.1) is 12.7 Å². The van der Waals surface area contributed by atoms with Crippen LogP contribution in [0.3, 0.4) is 0 Å². The van der Waals surface area contributed by atoms with Crippen molar-refractivity contribution in [3.05, 3.63) is 29.6 Å². The Morgan fingerprint density at radius 2 is 2.05 bits per heavy atom. The maximum absolute atomic E-state index is 13.7. The van der Waals surface area contributed by atoms with Crippen molar-refractivity contribution in [1.82, 2.24) is 4.72 Å². The molecule has 0 aromatic heterocycles. The van der Waals surface area contributed by atoms with Crippen LogP contribution in [0.1, 0.15) is 31.2 Å². The van der Waals surface area contributed by atoms with Gasteiger partial charge in [-0.15, -0.1) is 0 Å². The first-order chi connectivity index (χ1) is 10.0. The molecule has 2 rings (SSSR count). The van der Waals surface area contributed by atoms with Gasteiger partial charge in [-0.1, -0.05) is 18.9 Å². The predicted octanol–water partition coefficient (Wildman–Crippen LogP) is 1.52. The van der Waals surface area contributed by atoms with E-state index in [4.69, 9.17) is 10.5 Å². The van der Waals surface area contributed by atoms with Gasteiger partial charge in [0.2, 0.25) is 10.0 Å². The van der Waals surface area contributed by atoms with Crippen molar-refractivity contribution >= 4 is 10.0 Å². The fraction of sp³-hybridized carbons (Fsp3) is 0.571. The SMILES string of the molecule is NCc1ccc(F)c(S(=O)(=O)NCCOC2CCCC2)c1. The van der Waals surface area contributed by atoms with Crippen LogP contribution in [0.25, 0.3) is 0 Å². The summed E-state index contributed by atoms with van der Waals surface area (Å²) < 4.78 is 45.7. The summed E-state index contributed by atoms with van der Waals surface area (Å²) in [5.41, 5.74) is 6.01. The second-order valence-electron chi connectivity index (χ2n) is 5.14. The molecule has 0 spiro atoms. The van der Waals surface area contributed by atoms with Crippen molar-refractivity contribution in [3.8, 4) is 0 Å². The summed E-state index contributed by atoms with van der Waals surface area (Å²) in [6, 6.07) is 3.85. The van der Waals surface area contributed by atoms with E-state index in [-0.39, 0.29) is 24.1 Å². The third-order valence-corrected chi connectivity index (χ3v) is 5.05. The van der Waals surface area contributed by atoms with Crippen LogP contribution in [0.4, 0.5) is 4.39 Å². The summed E-state index contributed by atoms with van der Waals surface area (Å²) in [6.45, 7) is 0.584. The zero-order valence-electron chi connectivity index (χ0n) is 11.8. The van der Waals surface area contributed by atoms with Crippen LogP contribution < -0.4 is 10.5 Å². The molecular weight excluding hydrogens is 295 g/mol. The number of ether oxygens (including phenoxy) is 1. The van der Waals surface area contributed by atoms with Gasteiger partial charge in [-0.3, -0.25) is 0 Å². The fourth-order valence-corrected chi connectivity index (χ4v) is 3.55. The fourth-order valence-electron chi connectivity index (χ4n) is 2.42. The van der Waals surface area contributed by atoms with Gasteiger partial charge in [0.25, 0.3) is 0 Å². The average molecular weight is 316 g/mol. The van der Waals surface area contributed by atoms with Crippen molar-refractivity contribution in [2.24, 2.45) is 5.73 Å². The van der Waals surface area contributed by atoms with Crippen LogP contribution in [0, 0.1) is 5.82 Å². The molecule has 7 heteroatoms. The zero-order valence-corrected chi connectivity index (χ0v) is 12.7. The van der Waals surface area contributed by atoms with Gasteiger partial charge in [0.15, 0.2) is 0 Å². The molecule has 1 fully saturated rings. The molecule has 0 amide bonds. The molecular formula is C14H21FN2O3S. The predicted molar refractivity (Wildman–Crippen MR) is 77.7 cm³/mol. The molecule has 1 aromatic carbocycles. The van der Waals surface area contributed by atoms with E-state index in [1.165, 1.54) is 12.1 Å². The van der Waals surface area contributed by atoms with E-state index >= 15 is 0 Å². The number of nitrogens with one attached hydrogen (secondary N) is 1. The Balaban J connectivity index is 1.91. The average Bonchev–Trinajstić information content (AvgIpc) is 2.97. The Morgan fingerprint density at radius 3 is 2.71 bits per heavy atom. The molecule has 1 aromatic rings. The van der Waals surface area contributed by atoms with E-state index in [9.17, 15) is 12.8 Å². The first-order valence-corrected chi connectivity index (χ1v) is 8.61. The highest BCUT2D eigenvalue weighted by Crippen LogP contribution is 2.20. The minimum absolute atomic E-state index is 0.130. The van der Waals surface area contributed by atoms with Gasteiger partial charge in [-0.25, -0.2) is 17.5 Å². The highest BCUT2D eigenvalue weighted by atomic mass is 32.2. The number of sulfonamides is 1. The normalized spacial score (nSPS) is 16.5. The van der Waals surface area contributed by atoms with Gasteiger partial charge < -0.3 is 10.5 Å². The van der Waals surface area contributed by atoms with Crippen molar-refractivity contribution in [1.29, 1.82) is 0 Å². The summed E-state index contributed by atoms with van der Waals surface area (Å²) >= 11 is 0. The van der Waals surface area contributed by atoms with E-state index in [0.717, 1.165) is 31.7 Å². The quantitative estimate of drug-likeness (QED) is 0.747. The molecule has 0 aliphatic heterocycles. The Morgan fingerprint density at radius 1 is 1.33 bits per heavy atom. The number of rotatable bonds is 7. The van der Waals surface area contributed by atoms with Gasteiger partial charge in [0.1, 0.15) is 10.7 Å². The maximum atomic E-state index is 13.7. The third kappa shape index (κ3) is 4.47. The summed E-state index contributed by atoms with van der Waals surface area (Å²) in [5.74, 6) is -0.781. The maximum Gasteiger partial charge on any atom is 0.243 e. The molecule has 1 aliphatic rings. The molecule has 0 radical (unpaired) electrons. The van der Waals surface area contributed by atoms with Crippen LogP contribution in [0.2, 0.25) is 0 Å². The van der Waals surface area contributed by atoms with Crippen molar-refractivity contribution < 1.29 is 17.5 Å². The second-order valence-corrected chi connectivity index (χ2v) is 6.88. The Labute approximate surface area is 124 Å². The van der Waals surface area contributed by atoms with Crippen LogP contribution in [-0.2, 0) is 21.3 Å². The van der Waals surface area contributed by atoms with Crippen LogP contribution in [0.5, 0.6) is 0 Å². The summed E-state index contributed by atoms with van der Waals surface area (Å²) in [5, 5.41) is 0. The van der Waals surface area contributed by atoms with E-state index in [1.807, 2.05) is 0 Å². The Bertz CT molecular complexity index is 572. The second kappa shape index (κ2) is 7.31. The molecule has 0 saturated heterocycles. The molecule has 118 valence electrons. The van der Waals surface area contributed by atoms with E-state index in [0.29, 0.717) is 12.2 Å². The topological polar surface area (TPSA) is 81.4 Å². The van der Waals surface area contributed by atoms with Gasteiger partial charge in [0, 0.05) is 13.1 Å². The Hall–Kier alpha value is -1.02. The molecule has 3 N–H and O–H groups in total. The molecule has 1 aliphatic carbocycles. The summed E-state index contributed by atoms with van der Waals surface area (Å²) in [6.07, 6.45) is 4.60. The van der Waals surface area contributed by atoms with Crippen LogP contribution in [0.15, 0.2) is 23.1 Å². The summed E-state index contributed by atoms with van der Waals surface area (Å²) in [4.78, 5) is -0.369. The monoisotopic (exact) mass is 316 g/mol. The van der Waals surface area contributed by atoms with E-state index < -0.39 is 15.8 Å². The van der Waals surface area contributed by atoms with Crippen LogP contribution >= 0.6 is 0 Å². The van der Waals surface area contributed by atoms with Gasteiger partial charge in [-0.05, 0) is 30.5 Å². The minimum Gasteiger partial charge on any atom is -0.377 e. The Kier molecular flexibility index (Phi) is 5.69. The molecule has 0 atom stereocenters. The number of hydrogen-bond donors (Lipinski definition) is 2. The zero-order chi connectivity index (χ0) is 15.3. The largest absolute Gasteiger partial charge is 0.377 e. The van der Waals surface area contributed by atoms with Crippen molar-refractivity contribution in [3.63, 3.8) is 0 Å². The lowest BCUT2D eigenvalue weighted by Crippen LogP contribution is -2.29. The molecule has 1 saturated carbocycles. The van der Waals surface area contributed by atoms with Gasteiger partial charge in [-0.2, -0.15) is 0 Å². The summed E-state index contributed by atoms with van der Waals surface area (Å²) in [7, 11) is -3.88. The first kappa shape index (κ1) is 16.4. The smallest absolute Gasteiger partial charge is 0.243 e. The lowest BCUT2D eigenvalue weighted by atomic mass is 10.2. The standard InChI is InChI=1S/C14H21FN2O3S/c15-13-6-5-11(10-16)9-14(13)21(18,19)17-7-8-20-12-3-1-2-4-12/h5-6,9,12,17H,1-4,7-8,10,16H2. The van der Waals surface area contributed by atoms with Crippen LogP contribution in [-0.4, -0.2) is 27.7 Å². The third-order valence-electron chi connectivity index (χ3n) is 3.57. The van der Waals surface area contributed by atoms with Crippen molar-refractivity contribution in [2.45, 2.75) is 43.2 Å². The van der Waals surface area contributed by atoms with Crippen molar-refractivity contribution in [2.75, 3.05) is 13.2 Å². The number of hydrogen-bond acceptors (Lipinski definition) is 4. The molecule has 0 unspecified atom stereocenters. The minimum atomic E-state index is -3.88. The number of nitrogens with two attached hydrogens (primary N) is 1. The van der Waals surface area contributed by atoms with E-state index in [2.05, 4.69) is 4.72 Å². The van der Waals surface area contributed by atoms with Gasteiger partial charge >= 0.3 is 0 Å². The highest BCUT2D eigenvalue weighted by Gasteiger charge is 2.20. The lowest BCUT2D eigenvalue weighted by Gasteiger charge is -2.12. The molecule has 0 bridgehead atoms.